The molecule has 0 aromatic heterocycles. The third kappa shape index (κ3) is 9.52. The molecule has 0 unspecified atom stereocenters. The summed E-state index contributed by atoms with van der Waals surface area (Å²) in [4.78, 5) is 2.21. The molecule has 0 fully saturated rings. The van der Waals surface area contributed by atoms with Crippen molar-refractivity contribution in [2.75, 3.05) is 51.4 Å². The van der Waals surface area contributed by atoms with E-state index in [1.165, 1.54) is 0 Å². The molecule has 17 heavy (non-hydrogen) atoms. The van der Waals surface area contributed by atoms with Gasteiger partial charge in [0.15, 0.2) is 0 Å². The minimum Gasteiger partial charge on any atom is -0.383 e. The second-order valence-corrected chi connectivity index (χ2v) is 6.54. The van der Waals surface area contributed by atoms with Gasteiger partial charge in [0.2, 0.25) is 0 Å². The topological polar surface area (TPSA) is 72.6 Å². The summed E-state index contributed by atoms with van der Waals surface area (Å²) < 4.78 is 27.7. The van der Waals surface area contributed by atoms with Crippen molar-refractivity contribution in [3.05, 3.63) is 0 Å². The predicted octanol–water partition coefficient (Wildman–Crippen LogP) is 0.108. The average Bonchev–Trinajstić information content (AvgIpc) is 2.31. The molecule has 0 heterocycles. The van der Waals surface area contributed by atoms with Crippen LogP contribution >= 0.6 is 0 Å². The van der Waals surface area contributed by atoms with E-state index in [0.29, 0.717) is 19.6 Å². The molecule has 0 aliphatic carbocycles. The maximum atomic E-state index is 11.3. The van der Waals surface area contributed by atoms with Gasteiger partial charge in [0.05, 0.1) is 12.4 Å². The highest BCUT2D eigenvalue weighted by atomic mass is 32.2. The van der Waals surface area contributed by atoms with Crippen LogP contribution in [0, 0.1) is 0 Å². The highest BCUT2D eigenvalue weighted by molar-refractivity contribution is 7.91. The van der Waals surface area contributed by atoms with Crippen LogP contribution in [0.3, 0.4) is 0 Å². The van der Waals surface area contributed by atoms with Gasteiger partial charge in [-0.2, -0.15) is 0 Å². The van der Waals surface area contributed by atoms with Crippen LogP contribution in [-0.4, -0.2) is 64.7 Å². The normalized spacial score (nSPS) is 12.2. The maximum Gasteiger partial charge on any atom is 0.150 e. The summed E-state index contributed by atoms with van der Waals surface area (Å²) in [5.74, 6) is 0.503. The molecule has 104 valence electrons. The smallest absolute Gasteiger partial charge is 0.150 e. The Bertz CT molecular complexity index is 260. The zero-order chi connectivity index (χ0) is 13.1. The SMILES string of the molecule is CCS(=O)(=O)CCCN(CCCN)CCOC. The Morgan fingerprint density at radius 3 is 2.35 bits per heavy atom. The van der Waals surface area contributed by atoms with E-state index in [0.717, 1.165) is 26.1 Å². The summed E-state index contributed by atoms with van der Waals surface area (Å²) in [5.41, 5.74) is 5.47. The van der Waals surface area contributed by atoms with Crippen LogP contribution < -0.4 is 5.73 Å². The van der Waals surface area contributed by atoms with Crippen LogP contribution in [0.4, 0.5) is 0 Å². The van der Waals surface area contributed by atoms with E-state index in [9.17, 15) is 8.42 Å². The largest absolute Gasteiger partial charge is 0.383 e. The Morgan fingerprint density at radius 2 is 1.82 bits per heavy atom. The molecule has 0 amide bonds. The fourth-order valence-corrected chi connectivity index (χ4v) is 2.38. The molecule has 0 aliphatic rings. The van der Waals surface area contributed by atoms with E-state index in [1.54, 1.807) is 14.0 Å². The summed E-state index contributed by atoms with van der Waals surface area (Å²) in [5, 5.41) is 0. The second kappa shape index (κ2) is 9.82. The van der Waals surface area contributed by atoms with E-state index in [4.69, 9.17) is 10.5 Å². The van der Waals surface area contributed by atoms with Crippen molar-refractivity contribution in [1.29, 1.82) is 0 Å². The minimum absolute atomic E-state index is 0.230. The van der Waals surface area contributed by atoms with Crippen molar-refractivity contribution >= 4 is 9.84 Å². The molecule has 0 atom stereocenters. The quantitative estimate of drug-likeness (QED) is 0.574. The van der Waals surface area contributed by atoms with Crippen molar-refractivity contribution < 1.29 is 13.2 Å². The number of hydrogen-bond acceptors (Lipinski definition) is 5. The Balaban J connectivity index is 3.89. The lowest BCUT2D eigenvalue weighted by Gasteiger charge is -2.21. The van der Waals surface area contributed by atoms with E-state index in [2.05, 4.69) is 4.90 Å². The first-order valence-electron chi connectivity index (χ1n) is 6.17. The van der Waals surface area contributed by atoms with Gasteiger partial charge in [0.25, 0.3) is 0 Å². The summed E-state index contributed by atoms with van der Waals surface area (Å²) >= 11 is 0. The molecule has 5 nitrogen and oxygen atoms in total. The Kier molecular flexibility index (Phi) is 9.72. The molecule has 2 N–H and O–H groups in total. The summed E-state index contributed by atoms with van der Waals surface area (Å²) in [6.45, 7) is 5.56. The third-order valence-electron chi connectivity index (χ3n) is 2.66. The molecular formula is C11H26N2O3S. The number of nitrogens with two attached hydrogens (primary N) is 1. The lowest BCUT2D eigenvalue weighted by atomic mass is 10.3. The Labute approximate surface area is 105 Å². The molecule has 0 bridgehead atoms. The number of sulfone groups is 1. The van der Waals surface area contributed by atoms with Crippen LogP contribution in [0.1, 0.15) is 19.8 Å². The van der Waals surface area contributed by atoms with Gasteiger partial charge in [-0.05, 0) is 32.5 Å². The maximum absolute atomic E-state index is 11.3. The van der Waals surface area contributed by atoms with Crippen molar-refractivity contribution in [2.45, 2.75) is 19.8 Å². The first-order valence-corrected chi connectivity index (χ1v) is 7.99. The van der Waals surface area contributed by atoms with Crippen LogP contribution in [0.15, 0.2) is 0 Å². The van der Waals surface area contributed by atoms with E-state index in [-0.39, 0.29) is 11.5 Å². The second-order valence-electron chi connectivity index (χ2n) is 4.07. The van der Waals surface area contributed by atoms with Gasteiger partial charge in [0.1, 0.15) is 9.84 Å². The fourth-order valence-electron chi connectivity index (χ4n) is 1.52. The molecule has 0 aromatic rings. The lowest BCUT2D eigenvalue weighted by Crippen LogP contribution is -2.31. The van der Waals surface area contributed by atoms with Crippen LogP contribution in [0.5, 0.6) is 0 Å². The molecule has 0 radical (unpaired) electrons. The summed E-state index contributed by atoms with van der Waals surface area (Å²) in [6, 6.07) is 0. The van der Waals surface area contributed by atoms with Gasteiger partial charge in [-0.25, -0.2) is 8.42 Å². The van der Waals surface area contributed by atoms with Gasteiger partial charge >= 0.3 is 0 Å². The van der Waals surface area contributed by atoms with Gasteiger partial charge in [0, 0.05) is 19.4 Å². The van der Waals surface area contributed by atoms with Crippen molar-refractivity contribution in [2.24, 2.45) is 5.73 Å². The van der Waals surface area contributed by atoms with Crippen LogP contribution in [0.25, 0.3) is 0 Å². The highest BCUT2D eigenvalue weighted by Crippen LogP contribution is 1.98. The molecule has 6 heteroatoms. The average molecular weight is 266 g/mol. The monoisotopic (exact) mass is 266 g/mol. The van der Waals surface area contributed by atoms with Crippen molar-refractivity contribution in [3.8, 4) is 0 Å². The molecular weight excluding hydrogens is 240 g/mol. The van der Waals surface area contributed by atoms with Crippen LogP contribution in [-0.2, 0) is 14.6 Å². The molecule has 0 aromatic carbocycles. The first-order chi connectivity index (χ1) is 8.05. The van der Waals surface area contributed by atoms with Gasteiger partial charge in [-0.1, -0.05) is 6.92 Å². The van der Waals surface area contributed by atoms with Crippen molar-refractivity contribution in [1.82, 2.24) is 4.90 Å². The number of nitrogens with zero attached hydrogens (tertiary/aromatic N) is 1. The Hall–Kier alpha value is -0.170. The Morgan fingerprint density at radius 1 is 1.18 bits per heavy atom. The minimum atomic E-state index is -2.84. The molecule has 0 rings (SSSR count). The van der Waals surface area contributed by atoms with E-state index < -0.39 is 9.84 Å². The predicted molar refractivity (Wildman–Crippen MR) is 70.9 cm³/mol. The van der Waals surface area contributed by atoms with Gasteiger partial charge in [-0.15, -0.1) is 0 Å². The molecule has 0 saturated heterocycles. The molecule has 0 aliphatic heterocycles. The number of methoxy groups -OCH3 is 1. The number of hydrogen-bond donors (Lipinski definition) is 1. The third-order valence-corrected chi connectivity index (χ3v) is 4.45. The first kappa shape index (κ1) is 16.8. The standard InChI is InChI=1S/C11H26N2O3S/c1-3-17(14,15)11-5-8-13(7-4-6-12)9-10-16-2/h3-12H2,1-2H3. The fraction of sp³-hybridized carbons (Fsp3) is 1.00. The zero-order valence-electron chi connectivity index (χ0n) is 11.0. The lowest BCUT2D eigenvalue weighted by molar-refractivity contribution is 0.147. The highest BCUT2D eigenvalue weighted by Gasteiger charge is 2.09. The van der Waals surface area contributed by atoms with Crippen molar-refractivity contribution in [3.63, 3.8) is 0 Å². The summed E-state index contributed by atoms with van der Waals surface area (Å²) in [7, 11) is -1.17. The zero-order valence-corrected chi connectivity index (χ0v) is 11.8. The van der Waals surface area contributed by atoms with E-state index >= 15 is 0 Å². The number of ether oxygens (including phenoxy) is 1. The van der Waals surface area contributed by atoms with Gasteiger partial charge in [-0.3, -0.25) is 0 Å². The molecule has 0 spiro atoms. The summed E-state index contributed by atoms with van der Waals surface area (Å²) in [6.07, 6.45) is 1.62. The number of rotatable bonds is 11. The van der Waals surface area contributed by atoms with Crippen LogP contribution in [0.2, 0.25) is 0 Å². The van der Waals surface area contributed by atoms with Gasteiger partial charge < -0.3 is 15.4 Å². The molecule has 0 saturated carbocycles. The van der Waals surface area contributed by atoms with E-state index in [1.807, 2.05) is 0 Å².